The van der Waals surface area contributed by atoms with Gasteiger partial charge in [0.25, 0.3) is 0 Å². The Kier molecular flexibility index (Phi) is 3.78. The Hall–Kier alpha value is -3.35. The van der Waals surface area contributed by atoms with Crippen molar-refractivity contribution in [2.45, 2.75) is 31.7 Å². The normalized spacial score (nSPS) is 14.8. The fourth-order valence-corrected chi connectivity index (χ4v) is 3.69. The molecule has 27 heavy (non-hydrogen) atoms. The van der Waals surface area contributed by atoms with Crippen molar-refractivity contribution >= 4 is 16.9 Å². The summed E-state index contributed by atoms with van der Waals surface area (Å²) in [6.45, 7) is 0. The smallest absolute Gasteiger partial charge is 0.166 e. The molecule has 7 heteroatoms. The third kappa shape index (κ3) is 2.81. The number of rotatable bonds is 4. The molecular formula is C20H19N5O2. The molecule has 3 heterocycles. The Balaban J connectivity index is 1.57. The summed E-state index contributed by atoms with van der Waals surface area (Å²) in [7, 11) is 0. The van der Waals surface area contributed by atoms with Crippen LogP contribution in [0.15, 0.2) is 53.4 Å². The van der Waals surface area contributed by atoms with E-state index < -0.39 is 0 Å². The Morgan fingerprint density at radius 1 is 1.07 bits per heavy atom. The number of furan rings is 1. The molecule has 0 saturated heterocycles. The quantitative estimate of drug-likeness (QED) is 0.572. The summed E-state index contributed by atoms with van der Waals surface area (Å²) in [4.78, 5) is 8.59. The van der Waals surface area contributed by atoms with E-state index in [2.05, 4.69) is 9.97 Å². The van der Waals surface area contributed by atoms with E-state index in [1.165, 1.54) is 19.2 Å². The summed E-state index contributed by atoms with van der Waals surface area (Å²) in [6, 6.07) is 11.7. The topological polar surface area (TPSA) is 92.0 Å². The molecule has 0 atom stereocenters. The number of hydrogen-bond acceptors (Lipinski definition) is 6. The van der Waals surface area contributed by atoms with E-state index >= 15 is 0 Å². The highest BCUT2D eigenvalue weighted by Gasteiger charge is 2.25. The molecule has 1 saturated carbocycles. The molecule has 5 rings (SSSR count). The maximum Gasteiger partial charge on any atom is 0.166 e. The van der Waals surface area contributed by atoms with Crippen molar-refractivity contribution in [3.8, 4) is 23.0 Å². The maximum atomic E-state index is 6.16. The van der Waals surface area contributed by atoms with Crippen LogP contribution in [-0.2, 0) is 0 Å². The van der Waals surface area contributed by atoms with Crippen LogP contribution in [0.2, 0.25) is 0 Å². The zero-order valence-electron chi connectivity index (χ0n) is 14.7. The van der Waals surface area contributed by atoms with Crippen LogP contribution in [-0.4, -0.2) is 19.7 Å². The first-order valence-corrected chi connectivity index (χ1v) is 9.10. The number of aromatic nitrogens is 4. The van der Waals surface area contributed by atoms with Crippen molar-refractivity contribution in [1.82, 2.24) is 19.7 Å². The number of nitrogens with two attached hydrogens (primary N) is 1. The molecule has 0 aliphatic heterocycles. The monoisotopic (exact) mass is 361 g/mol. The van der Waals surface area contributed by atoms with Gasteiger partial charge in [-0.3, -0.25) is 0 Å². The summed E-state index contributed by atoms with van der Waals surface area (Å²) in [6.07, 6.45) is 7.67. The molecule has 3 aromatic heterocycles. The van der Waals surface area contributed by atoms with Crippen molar-refractivity contribution < 1.29 is 9.15 Å². The van der Waals surface area contributed by atoms with Crippen LogP contribution >= 0.6 is 0 Å². The van der Waals surface area contributed by atoms with E-state index in [4.69, 9.17) is 20.0 Å². The highest BCUT2D eigenvalue weighted by atomic mass is 16.5. The van der Waals surface area contributed by atoms with Crippen LogP contribution in [0.3, 0.4) is 0 Å². The highest BCUT2D eigenvalue weighted by molar-refractivity contribution is 5.97. The van der Waals surface area contributed by atoms with Gasteiger partial charge in [-0.05, 0) is 25.0 Å². The first kappa shape index (κ1) is 15.9. The fraction of sp³-hybridized carbons (Fsp3) is 0.250. The predicted molar refractivity (Wildman–Crippen MR) is 101 cm³/mol. The number of anilines is 1. The summed E-state index contributed by atoms with van der Waals surface area (Å²) < 4.78 is 13.6. The van der Waals surface area contributed by atoms with Crippen molar-refractivity contribution in [2.75, 3.05) is 5.73 Å². The molecule has 0 bridgehead atoms. The van der Waals surface area contributed by atoms with Crippen molar-refractivity contribution in [3.63, 3.8) is 0 Å². The third-order valence-corrected chi connectivity index (χ3v) is 4.98. The van der Waals surface area contributed by atoms with Crippen molar-refractivity contribution in [3.05, 3.63) is 49.0 Å². The van der Waals surface area contributed by atoms with Crippen LogP contribution in [0, 0.1) is 0 Å². The zero-order chi connectivity index (χ0) is 18.2. The average Bonchev–Trinajstić information content (AvgIpc) is 3.42. The molecule has 7 nitrogen and oxygen atoms in total. The minimum absolute atomic E-state index is 0.338. The molecule has 2 N–H and O–H groups in total. The number of benzene rings is 1. The van der Waals surface area contributed by atoms with E-state index in [0.717, 1.165) is 29.6 Å². The van der Waals surface area contributed by atoms with Gasteiger partial charge in [0.15, 0.2) is 17.2 Å². The lowest BCUT2D eigenvalue weighted by Gasteiger charge is -2.09. The Labute approximate surface area is 155 Å². The van der Waals surface area contributed by atoms with Crippen LogP contribution in [0.1, 0.15) is 31.7 Å². The number of nitrogen functional groups attached to an aromatic ring is 1. The van der Waals surface area contributed by atoms with Crippen molar-refractivity contribution in [2.24, 2.45) is 0 Å². The van der Waals surface area contributed by atoms with E-state index in [1.54, 1.807) is 6.26 Å². The molecular weight excluding hydrogens is 342 g/mol. The van der Waals surface area contributed by atoms with Crippen molar-refractivity contribution in [1.29, 1.82) is 0 Å². The number of nitrogens with zero attached hydrogens (tertiary/aromatic N) is 4. The summed E-state index contributed by atoms with van der Waals surface area (Å²) in [5.41, 5.74) is 7.57. The average molecular weight is 361 g/mol. The van der Waals surface area contributed by atoms with Gasteiger partial charge in [-0.15, -0.1) is 0 Å². The summed E-state index contributed by atoms with van der Waals surface area (Å²) in [5, 5.41) is 5.53. The van der Waals surface area contributed by atoms with E-state index in [0.29, 0.717) is 29.1 Å². The molecule has 1 aromatic carbocycles. The molecule has 0 unspecified atom stereocenters. The second-order valence-electron chi connectivity index (χ2n) is 6.75. The predicted octanol–water partition coefficient (Wildman–Crippen LogP) is 4.58. The molecule has 0 spiro atoms. The number of fused-ring (bicyclic) bond motifs is 1. The van der Waals surface area contributed by atoms with Gasteiger partial charge in [0.05, 0.1) is 11.4 Å². The largest absolute Gasteiger partial charge is 0.459 e. The second kappa shape index (κ2) is 6.42. The highest BCUT2D eigenvalue weighted by Crippen LogP contribution is 2.38. The van der Waals surface area contributed by atoms with Gasteiger partial charge in [-0.2, -0.15) is 5.10 Å². The van der Waals surface area contributed by atoms with Gasteiger partial charge in [0.2, 0.25) is 0 Å². The van der Waals surface area contributed by atoms with Gasteiger partial charge < -0.3 is 14.9 Å². The van der Waals surface area contributed by atoms with Gasteiger partial charge in [-0.1, -0.05) is 31.0 Å². The van der Waals surface area contributed by atoms with Crippen LogP contribution < -0.4 is 10.5 Å². The first-order chi connectivity index (χ1) is 13.3. The molecule has 1 fully saturated rings. The van der Waals surface area contributed by atoms with Crippen LogP contribution in [0.5, 0.6) is 11.5 Å². The number of ether oxygens (including phenoxy) is 1. The standard InChI is InChI=1S/C20H19N5O2/c21-19-17-18(16-10-15(11-26-16)27-14-8-2-1-3-9-14)24-25(13-6-4-5-7-13)20(17)23-12-22-19/h1-3,8-13H,4-7H2,(H2,21,22,23). The first-order valence-electron chi connectivity index (χ1n) is 9.10. The molecule has 0 radical (unpaired) electrons. The molecule has 1 aliphatic rings. The second-order valence-corrected chi connectivity index (χ2v) is 6.75. The Bertz CT molecular complexity index is 1080. The fourth-order valence-electron chi connectivity index (χ4n) is 3.69. The third-order valence-electron chi connectivity index (χ3n) is 4.98. The van der Waals surface area contributed by atoms with E-state index in [1.807, 2.05) is 41.1 Å². The molecule has 0 amide bonds. The molecule has 4 aromatic rings. The van der Waals surface area contributed by atoms with Gasteiger partial charge >= 0.3 is 0 Å². The maximum absolute atomic E-state index is 6.16. The number of hydrogen-bond donors (Lipinski definition) is 1. The van der Waals surface area contributed by atoms with Gasteiger partial charge in [0.1, 0.15) is 29.9 Å². The number of para-hydroxylation sites is 1. The lowest BCUT2D eigenvalue weighted by molar-refractivity contribution is 0.466. The van der Waals surface area contributed by atoms with Crippen LogP contribution in [0.4, 0.5) is 5.82 Å². The molecule has 136 valence electrons. The van der Waals surface area contributed by atoms with E-state index in [9.17, 15) is 0 Å². The minimum Gasteiger partial charge on any atom is -0.459 e. The SMILES string of the molecule is Nc1ncnc2c1c(-c1cc(Oc3ccccc3)co1)nn2C1CCCC1. The van der Waals surface area contributed by atoms with Gasteiger partial charge in [0, 0.05) is 6.07 Å². The summed E-state index contributed by atoms with van der Waals surface area (Å²) >= 11 is 0. The molecule has 1 aliphatic carbocycles. The Morgan fingerprint density at radius 2 is 1.89 bits per heavy atom. The summed E-state index contributed by atoms with van der Waals surface area (Å²) in [5.74, 6) is 2.34. The zero-order valence-corrected chi connectivity index (χ0v) is 14.7. The van der Waals surface area contributed by atoms with Crippen LogP contribution in [0.25, 0.3) is 22.5 Å². The van der Waals surface area contributed by atoms with E-state index in [-0.39, 0.29) is 0 Å². The minimum atomic E-state index is 0.338. The Morgan fingerprint density at radius 3 is 2.70 bits per heavy atom. The lowest BCUT2D eigenvalue weighted by atomic mass is 10.2. The lowest BCUT2D eigenvalue weighted by Crippen LogP contribution is -2.07. The van der Waals surface area contributed by atoms with Gasteiger partial charge in [-0.25, -0.2) is 14.6 Å².